The largest absolute Gasteiger partial charge is 0.478 e. The van der Waals surface area contributed by atoms with Gasteiger partial charge in [-0.05, 0) is 25.3 Å². The van der Waals surface area contributed by atoms with Gasteiger partial charge in [0.1, 0.15) is 0 Å². The van der Waals surface area contributed by atoms with Gasteiger partial charge in [-0.1, -0.05) is 6.92 Å². The molecule has 0 aliphatic carbocycles. The molecule has 0 aromatic heterocycles. The lowest BCUT2D eigenvalue weighted by Crippen LogP contribution is -2.43. The molecule has 0 spiro atoms. The van der Waals surface area contributed by atoms with Crippen LogP contribution in [-0.4, -0.2) is 52.3 Å². The van der Waals surface area contributed by atoms with Crippen molar-refractivity contribution in [3.63, 3.8) is 0 Å². The van der Waals surface area contributed by atoms with Gasteiger partial charge < -0.3 is 15.3 Å². The van der Waals surface area contributed by atoms with Gasteiger partial charge in [-0.15, -0.1) is 0 Å². The summed E-state index contributed by atoms with van der Waals surface area (Å²) >= 11 is 0. The molecule has 1 aromatic carbocycles. The van der Waals surface area contributed by atoms with Crippen LogP contribution < -0.4 is 5.32 Å². The third-order valence-corrected chi connectivity index (χ3v) is 4.32. The first kappa shape index (κ1) is 19.4. The first-order valence-electron chi connectivity index (χ1n) is 8.43. The second kappa shape index (κ2) is 8.41. The van der Waals surface area contributed by atoms with E-state index in [1.165, 1.54) is 4.90 Å². The minimum atomic E-state index is -1.34. The van der Waals surface area contributed by atoms with Crippen LogP contribution in [0.25, 0.3) is 0 Å². The first-order chi connectivity index (χ1) is 12.3. The summed E-state index contributed by atoms with van der Waals surface area (Å²) in [6, 6.07) is 3.13. The van der Waals surface area contributed by atoms with Crippen LogP contribution in [0.5, 0.6) is 0 Å². The Morgan fingerprint density at radius 1 is 1.23 bits per heavy atom. The topological polar surface area (TPSA) is 130 Å². The molecule has 1 aliphatic heterocycles. The predicted molar refractivity (Wildman–Crippen MR) is 92.0 cm³/mol. The molecule has 2 N–H and O–H groups in total. The highest BCUT2D eigenvalue weighted by molar-refractivity contribution is 5.98. The number of amides is 2. The Labute approximate surface area is 150 Å². The summed E-state index contributed by atoms with van der Waals surface area (Å²) in [4.78, 5) is 47.5. The number of likely N-dealkylation sites (tertiary alicyclic amines) is 1. The van der Waals surface area contributed by atoms with Gasteiger partial charge in [-0.2, -0.15) is 0 Å². The lowest BCUT2D eigenvalue weighted by molar-refractivity contribution is -0.384. The molecule has 0 bridgehead atoms. The number of hydrogen-bond donors (Lipinski definition) is 2. The molecule has 1 aliphatic rings. The fourth-order valence-corrected chi connectivity index (χ4v) is 2.88. The highest BCUT2D eigenvalue weighted by atomic mass is 16.6. The molecule has 0 radical (unpaired) electrons. The van der Waals surface area contributed by atoms with Crippen LogP contribution in [0.4, 0.5) is 5.69 Å². The quantitative estimate of drug-likeness (QED) is 0.584. The van der Waals surface area contributed by atoms with Crippen LogP contribution in [0.15, 0.2) is 18.2 Å². The predicted octanol–water partition coefficient (Wildman–Crippen LogP) is 1.67. The third-order valence-electron chi connectivity index (χ3n) is 4.32. The molecular formula is C17H21N3O6. The fraction of sp³-hybridized carbons (Fsp3) is 0.471. The normalized spacial score (nSPS) is 14.7. The Morgan fingerprint density at radius 2 is 1.85 bits per heavy atom. The highest BCUT2D eigenvalue weighted by Crippen LogP contribution is 2.22. The maximum absolute atomic E-state index is 12.6. The van der Waals surface area contributed by atoms with Crippen molar-refractivity contribution in [2.45, 2.75) is 26.2 Å². The summed E-state index contributed by atoms with van der Waals surface area (Å²) in [5.74, 6) is -1.99. The Kier molecular flexibility index (Phi) is 6.26. The van der Waals surface area contributed by atoms with Crippen molar-refractivity contribution in [1.29, 1.82) is 0 Å². The number of nitrogens with zero attached hydrogens (tertiary/aromatic N) is 2. The number of benzene rings is 1. The first-order valence-corrected chi connectivity index (χ1v) is 8.43. The Bertz CT molecular complexity index is 693. The van der Waals surface area contributed by atoms with E-state index < -0.39 is 22.5 Å². The average molecular weight is 363 g/mol. The second-order valence-corrected chi connectivity index (χ2v) is 6.19. The van der Waals surface area contributed by atoms with Crippen LogP contribution in [0.3, 0.4) is 0 Å². The van der Waals surface area contributed by atoms with Crippen molar-refractivity contribution < 1.29 is 24.4 Å². The number of piperidine rings is 1. The van der Waals surface area contributed by atoms with Crippen molar-refractivity contribution in [1.82, 2.24) is 10.2 Å². The number of carboxylic acid groups (broad SMARTS) is 1. The Balaban J connectivity index is 2.09. The van der Waals surface area contributed by atoms with Crippen LogP contribution >= 0.6 is 0 Å². The molecule has 9 heteroatoms. The number of carbonyl (C=O) groups is 3. The molecule has 1 fully saturated rings. The number of nitro benzene ring substituents is 1. The van der Waals surface area contributed by atoms with Gasteiger partial charge in [-0.25, -0.2) is 4.79 Å². The molecule has 140 valence electrons. The van der Waals surface area contributed by atoms with Gasteiger partial charge in [-0.3, -0.25) is 19.7 Å². The van der Waals surface area contributed by atoms with Crippen LogP contribution in [0.1, 0.15) is 46.9 Å². The molecular weight excluding hydrogens is 342 g/mol. The zero-order valence-electron chi connectivity index (χ0n) is 14.4. The average Bonchev–Trinajstić information content (AvgIpc) is 2.65. The van der Waals surface area contributed by atoms with Gasteiger partial charge in [0.05, 0.1) is 10.5 Å². The molecule has 2 rings (SSSR count). The summed E-state index contributed by atoms with van der Waals surface area (Å²) in [7, 11) is 0. The zero-order valence-corrected chi connectivity index (χ0v) is 14.4. The van der Waals surface area contributed by atoms with E-state index in [-0.39, 0.29) is 23.0 Å². The molecule has 0 unspecified atom stereocenters. The summed E-state index contributed by atoms with van der Waals surface area (Å²) in [6.07, 6.45) is 1.85. The monoisotopic (exact) mass is 363 g/mol. The molecule has 26 heavy (non-hydrogen) atoms. The van der Waals surface area contributed by atoms with Crippen molar-refractivity contribution in [2.75, 3.05) is 19.6 Å². The van der Waals surface area contributed by atoms with Gasteiger partial charge in [0, 0.05) is 43.2 Å². The van der Waals surface area contributed by atoms with Crippen molar-refractivity contribution in [3.8, 4) is 0 Å². The summed E-state index contributed by atoms with van der Waals surface area (Å²) in [6.45, 7) is 3.26. The number of aromatic carboxylic acids is 1. The summed E-state index contributed by atoms with van der Waals surface area (Å²) in [5, 5.41) is 22.9. The van der Waals surface area contributed by atoms with Crippen LogP contribution in [0, 0.1) is 16.0 Å². The van der Waals surface area contributed by atoms with E-state index in [0.29, 0.717) is 32.5 Å². The maximum atomic E-state index is 12.6. The smallest absolute Gasteiger partial charge is 0.335 e. The number of carboxylic acids is 1. The third kappa shape index (κ3) is 4.56. The minimum absolute atomic E-state index is 0.0255. The standard InChI is InChI=1S/C17H21N3O6/c1-2-5-18-15(21)11-3-6-19(7-4-11)16(22)12-8-13(17(23)24)10-14(9-12)20(25)26/h8-11H,2-7H2,1H3,(H,18,21)(H,23,24). The van der Waals surface area contributed by atoms with Gasteiger partial charge in [0.15, 0.2) is 0 Å². The van der Waals surface area contributed by atoms with Gasteiger partial charge >= 0.3 is 5.97 Å². The number of rotatable bonds is 6. The van der Waals surface area contributed by atoms with E-state index in [4.69, 9.17) is 5.11 Å². The van der Waals surface area contributed by atoms with Crippen molar-refractivity contribution in [2.24, 2.45) is 5.92 Å². The van der Waals surface area contributed by atoms with Crippen LogP contribution in [0.2, 0.25) is 0 Å². The van der Waals surface area contributed by atoms with E-state index in [0.717, 1.165) is 24.6 Å². The molecule has 9 nitrogen and oxygen atoms in total. The van der Waals surface area contributed by atoms with E-state index in [1.807, 2.05) is 6.92 Å². The van der Waals surface area contributed by atoms with E-state index in [9.17, 15) is 24.5 Å². The van der Waals surface area contributed by atoms with E-state index in [2.05, 4.69) is 5.32 Å². The number of nitro groups is 1. The second-order valence-electron chi connectivity index (χ2n) is 6.19. The van der Waals surface area contributed by atoms with E-state index >= 15 is 0 Å². The highest BCUT2D eigenvalue weighted by Gasteiger charge is 2.28. The van der Waals surface area contributed by atoms with Crippen LogP contribution in [-0.2, 0) is 4.79 Å². The zero-order chi connectivity index (χ0) is 19.3. The van der Waals surface area contributed by atoms with Crippen molar-refractivity contribution in [3.05, 3.63) is 39.4 Å². The Morgan fingerprint density at radius 3 is 2.38 bits per heavy atom. The number of non-ortho nitro benzene ring substituents is 1. The number of carbonyl (C=O) groups excluding carboxylic acids is 2. The summed E-state index contributed by atoms with van der Waals surface area (Å²) < 4.78 is 0. The minimum Gasteiger partial charge on any atom is -0.478 e. The number of hydrogen-bond acceptors (Lipinski definition) is 5. The van der Waals surface area contributed by atoms with E-state index in [1.54, 1.807) is 0 Å². The Hall–Kier alpha value is -2.97. The van der Waals surface area contributed by atoms with Gasteiger partial charge in [0.2, 0.25) is 5.91 Å². The molecule has 1 aromatic rings. The molecule has 0 atom stereocenters. The molecule has 1 saturated heterocycles. The molecule has 2 amide bonds. The SMILES string of the molecule is CCCNC(=O)C1CCN(C(=O)c2cc(C(=O)O)cc([N+](=O)[O-])c2)CC1. The van der Waals surface area contributed by atoms with Crippen molar-refractivity contribution >= 4 is 23.5 Å². The number of nitrogens with one attached hydrogen (secondary N) is 1. The molecule has 0 saturated carbocycles. The maximum Gasteiger partial charge on any atom is 0.335 e. The molecule has 1 heterocycles. The summed E-state index contributed by atoms with van der Waals surface area (Å²) in [5.41, 5.74) is -0.788. The fourth-order valence-electron chi connectivity index (χ4n) is 2.88. The lowest BCUT2D eigenvalue weighted by Gasteiger charge is -2.31. The van der Waals surface area contributed by atoms with Gasteiger partial charge in [0.25, 0.3) is 11.6 Å². The lowest BCUT2D eigenvalue weighted by atomic mass is 9.95.